The fourth-order valence-corrected chi connectivity index (χ4v) is 5.66. The highest BCUT2D eigenvalue weighted by atomic mass is 32.1. The molecule has 11 heteroatoms. The second-order valence-corrected chi connectivity index (χ2v) is 9.79. The third kappa shape index (κ3) is 5.01. The summed E-state index contributed by atoms with van der Waals surface area (Å²) < 4.78 is 16.2. The molecule has 0 aliphatic carbocycles. The van der Waals surface area contributed by atoms with Crippen LogP contribution in [0.25, 0.3) is 11.0 Å². The Morgan fingerprint density at radius 1 is 1.03 bits per heavy atom. The molecule has 0 spiro atoms. The summed E-state index contributed by atoms with van der Waals surface area (Å²) in [5.41, 5.74) is 2.63. The van der Waals surface area contributed by atoms with Gasteiger partial charge in [0, 0.05) is 24.4 Å². The van der Waals surface area contributed by atoms with E-state index >= 15 is 0 Å². The predicted octanol–water partition coefficient (Wildman–Crippen LogP) is 4.00. The van der Waals surface area contributed by atoms with E-state index in [1.165, 1.54) is 32.7 Å². The van der Waals surface area contributed by atoms with E-state index in [-0.39, 0.29) is 17.7 Å². The molecule has 2 aromatic heterocycles. The van der Waals surface area contributed by atoms with Crippen molar-refractivity contribution in [2.24, 2.45) is 0 Å². The Balaban J connectivity index is 1.19. The molecule has 1 saturated heterocycles. The molecular weight excluding hydrogens is 506 g/mol. The molecule has 0 radical (unpaired) electrons. The van der Waals surface area contributed by atoms with Gasteiger partial charge in [-0.05, 0) is 37.1 Å². The number of H-pyrrole nitrogens is 1. The minimum absolute atomic E-state index is 0.119. The smallest absolute Gasteiger partial charge is 0.271 e. The fraction of sp³-hybridized carbons (Fsp3) is 0.333. The number of nitrogens with zero attached hydrogens (tertiary/aromatic N) is 3. The Morgan fingerprint density at radius 3 is 2.50 bits per heavy atom. The Morgan fingerprint density at radius 2 is 1.79 bits per heavy atom. The number of benzene rings is 2. The van der Waals surface area contributed by atoms with Crippen LogP contribution in [-0.4, -0.2) is 66.1 Å². The lowest BCUT2D eigenvalue weighted by molar-refractivity contribution is 0.0708. The average molecular weight is 536 g/mol. The highest BCUT2D eigenvalue weighted by Crippen LogP contribution is 2.40. The summed E-state index contributed by atoms with van der Waals surface area (Å²) in [5, 5.41) is 5.59. The maximum atomic E-state index is 13.3. The quantitative estimate of drug-likeness (QED) is 0.350. The minimum atomic E-state index is -0.235. The van der Waals surface area contributed by atoms with E-state index < -0.39 is 0 Å². The SMILES string of the molecule is COc1ccc(C(=O)N2CCC(c3nc(C(=O)NCc4nc5ccccc5[nH]4)cs3)CC2)c(OC)c1OC. The summed E-state index contributed by atoms with van der Waals surface area (Å²) in [6, 6.07) is 11.1. The molecule has 4 aromatic rings. The topological polar surface area (TPSA) is 119 Å². The van der Waals surface area contributed by atoms with Crippen molar-refractivity contribution in [1.29, 1.82) is 0 Å². The zero-order valence-corrected chi connectivity index (χ0v) is 22.3. The van der Waals surface area contributed by atoms with Crippen molar-refractivity contribution in [3.8, 4) is 17.2 Å². The standard InChI is InChI=1S/C27H29N5O5S/c1-35-21-9-8-17(23(36-2)24(21)37-3)27(34)32-12-10-16(11-13-32)26-31-20(15-38-26)25(33)28-14-22-29-18-6-4-5-7-19(18)30-22/h4-9,15-16H,10-14H2,1-3H3,(H,28,33)(H,29,30). The lowest BCUT2D eigenvalue weighted by Crippen LogP contribution is -2.38. The van der Waals surface area contributed by atoms with Crippen LogP contribution < -0.4 is 19.5 Å². The van der Waals surface area contributed by atoms with E-state index in [9.17, 15) is 9.59 Å². The van der Waals surface area contributed by atoms with Gasteiger partial charge in [0.15, 0.2) is 11.5 Å². The van der Waals surface area contributed by atoms with E-state index in [1.807, 2.05) is 29.2 Å². The van der Waals surface area contributed by atoms with Crippen LogP contribution in [0.5, 0.6) is 17.2 Å². The molecule has 0 saturated carbocycles. The molecule has 5 rings (SSSR count). The van der Waals surface area contributed by atoms with Crippen molar-refractivity contribution < 1.29 is 23.8 Å². The van der Waals surface area contributed by atoms with Gasteiger partial charge in [-0.15, -0.1) is 11.3 Å². The van der Waals surface area contributed by atoms with Crippen molar-refractivity contribution >= 4 is 34.2 Å². The van der Waals surface area contributed by atoms with Crippen molar-refractivity contribution in [3.63, 3.8) is 0 Å². The zero-order chi connectivity index (χ0) is 26.6. The first kappa shape index (κ1) is 25.5. The Kier molecular flexibility index (Phi) is 7.45. The van der Waals surface area contributed by atoms with Gasteiger partial charge in [0.2, 0.25) is 5.75 Å². The number of amides is 2. The Bertz CT molecular complexity index is 1420. The van der Waals surface area contributed by atoms with Crippen LogP contribution in [0.3, 0.4) is 0 Å². The van der Waals surface area contributed by atoms with Gasteiger partial charge in [-0.1, -0.05) is 12.1 Å². The van der Waals surface area contributed by atoms with E-state index in [1.54, 1.807) is 17.5 Å². The average Bonchev–Trinajstić information content (AvgIpc) is 3.62. The molecule has 0 bridgehead atoms. The van der Waals surface area contributed by atoms with E-state index in [0.717, 1.165) is 28.9 Å². The molecule has 198 valence electrons. The van der Waals surface area contributed by atoms with Gasteiger partial charge >= 0.3 is 0 Å². The third-order valence-corrected chi connectivity index (χ3v) is 7.68. The molecule has 10 nitrogen and oxygen atoms in total. The van der Waals surface area contributed by atoms with Gasteiger partial charge in [0.25, 0.3) is 11.8 Å². The molecule has 0 atom stereocenters. The van der Waals surface area contributed by atoms with Crippen molar-refractivity contribution in [3.05, 3.63) is 63.9 Å². The monoisotopic (exact) mass is 535 g/mol. The van der Waals surface area contributed by atoms with Crippen LogP contribution in [0.4, 0.5) is 0 Å². The number of para-hydroxylation sites is 2. The summed E-state index contributed by atoms with van der Waals surface area (Å²) in [7, 11) is 4.56. The number of aromatic amines is 1. The number of likely N-dealkylation sites (tertiary alicyclic amines) is 1. The number of nitrogens with one attached hydrogen (secondary N) is 2. The lowest BCUT2D eigenvalue weighted by atomic mass is 9.97. The van der Waals surface area contributed by atoms with Crippen LogP contribution in [0.1, 0.15) is 50.4 Å². The molecule has 2 amide bonds. The molecule has 1 aliphatic rings. The van der Waals surface area contributed by atoms with Crippen molar-refractivity contribution in [2.45, 2.75) is 25.3 Å². The number of carbonyl (C=O) groups excluding carboxylic acids is 2. The van der Waals surface area contributed by atoms with Crippen LogP contribution in [0, 0.1) is 0 Å². The molecule has 38 heavy (non-hydrogen) atoms. The molecule has 2 aromatic carbocycles. The number of carbonyl (C=O) groups is 2. The number of hydrogen-bond acceptors (Lipinski definition) is 8. The van der Waals surface area contributed by atoms with Gasteiger partial charge in [0.1, 0.15) is 11.5 Å². The molecule has 3 heterocycles. The number of thiazole rings is 1. The summed E-state index contributed by atoms with van der Waals surface area (Å²) in [6.45, 7) is 1.45. The lowest BCUT2D eigenvalue weighted by Gasteiger charge is -2.31. The summed E-state index contributed by atoms with van der Waals surface area (Å²) in [6.07, 6.45) is 1.52. The van der Waals surface area contributed by atoms with E-state index in [0.29, 0.717) is 54.0 Å². The molecule has 2 N–H and O–H groups in total. The number of fused-ring (bicyclic) bond motifs is 1. The van der Waals surface area contributed by atoms with Crippen LogP contribution >= 0.6 is 11.3 Å². The normalized spacial score (nSPS) is 13.9. The van der Waals surface area contributed by atoms with Gasteiger partial charge in [0.05, 0.1) is 49.5 Å². The largest absolute Gasteiger partial charge is 0.493 e. The number of piperidine rings is 1. The number of aromatic nitrogens is 3. The molecule has 1 fully saturated rings. The van der Waals surface area contributed by atoms with Gasteiger partial charge in [-0.2, -0.15) is 0 Å². The summed E-state index contributed by atoms with van der Waals surface area (Å²) in [4.78, 5) is 40.1. The maximum absolute atomic E-state index is 13.3. The number of methoxy groups -OCH3 is 3. The van der Waals surface area contributed by atoms with E-state index in [2.05, 4.69) is 20.3 Å². The zero-order valence-electron chi connectivity index (χ0n) is 21.4. The third-order valence-electron chi connectivity index (χ3n) is 6.68. The molecule has 0 unspecified atom stereocenters. The number of rotatable bonds is 8. The number of ether oxygens (including phenoxy) is 3. The first-order valence-corrected chi connectivity index (χ1v) is 13.2. The predicted molar refractivity (Wildman–Crippen MR) is 143 cm³/mol. The second-order valence-electron chi connectivity index (χ2n) is 8.90. The second kappa shape index (κ2) is 11.1. The van der Waals surface area contributed by atoms with E-state index in [4.69, 9.17) is 14.2 Å². The van der Waals surface area contributed by atoms with Gasteiger partial charge < -0.3 is 29.4 Å². The van der Waals surface area contributed by atoms with Crippen LogP contribution in [0.2, 0.25) is 0 Å². The number of hydrogen-bond donors (Lipinski definition) is 2. The summed E-state index contributed by atoms with van der Waals surface area (Å²) in [5.74, 6) is 1.78. The molecular formula is C27H29N5O5S. The first-order valence-electron chi connectivity index (χ1n) is 12.3. The highest BCUT2D eigenvalue weighted by Gasteiger charge is 2.30. The van der Waals surface area contributed by atoms with Crippen LogP contribution in [-0.2, 0) is 6.54 Å². The van der Waals surface area contributed by atoms with Gasteiger partial charge in [-0.3, -0.25) is 9.59 Å². The highest BCUT2D eigenvalue weighted by molar-refractivity contribution is 7.09. The molecule has 1 aliphatic heterocycles. The minimum Gasteiger partial charge on any atom is -0.493 e. The van der Waals surface area contributed by atoms with Crippen molar-refractivity contribution in [1.82, 2.24) is 25.2 Å². The Hall–Kier alpha value is -4.12. The maximum Gasteiger partial charge on any atom is 0.271 e. The first-order chi connectivity index (χ1) is 18.5. The number of imidazole rings is 1. The van der Waals surface area contributed by atoms with Gasteiger partial charge in [-0.25, -0.2) is 9.97 Å². The fourth-order valence-electron chi connectivity index (χ4n) is 4.69. The van der Waals surface area contributed by atoms with Crippen molar-refractivity contribution in [2.75, 3.05) is 34.4 Å². The Labute approximate surface area is 223 Å². The summed E-state index contributed by atoms with van der Waals surface area (Å²) >= 11 is 1.48. The van der Waals surface area contributed by atoms with Crippen LogP contribution in [0.15, 0.2) is 41.8 Å².